The lowest BCUT2D eigenvalue weighted by Gasteiger charge is -2.41. The van der Waals surface area contributed by atoms with Crippen LogP contribution in [0, 0.1) is 0 Å². The first-order valence-electron chi connectivity index (χ1n) is 12.3. The van der Waals surface area contributed by atoms with Crippen LogP contribution in [0.4, 0.5) is 0 Å². The predicted octanol–water partition coefficient (Wildman–Crippen LogP) is 4.15. The molecule has 2 aromatic heterocycles. The van der Waals surface area contributed by atoms with Gasteiger partial charge in [-0.2, -0.15) is 5.10 Å². The molecular formula is C28H31N5O3. The SMILES string of the molecule is CCC1CN(Cc2cc3nccc(-c4ccc(OC)c(OC)c4)n3n2)CCN1C(=O)c1ccccc1. The van der Waals surface area contributed by atoms with Gasteiger partial charge in [-0.3, -0.25) is 9.69 Å². The van der Waals surface area contributed by atoms with Crippen LogP contribution >= 0.6 is 0 Å². The van der Waals surface area contributed by atoms with Crippen molar-refractivity contribution in [3.63, 3.8) is 0 Å². The second-order valence-corrected chi connectivity index (χ2v) is 8.97. The smallest absolute Gasteiger partial charge is 0.254 e. The molecule has 0 N–H and O–H groups in total. The van der Waals surface area contributed by atoms with E-state index in [0.717, 1.165) is 47.7 Å². The molecule has 1 amide bonds. The monoisotopic (exact) mass is 485 g/mol. The predicted molar refractivity (Wildman–Crippen MR) is 138 cm³/mol. The van der Waals surface area contributed by atoms with Crippen molar-refractivity contribution in [3.8, 4) is 22.8 Å². The second-order valence-electron chi connectivity index (χ2n) is 8.97. The maximum atomic E-state index is 13.1. The van der Waals surface area contributed by atoms with E-state index < -0.39 is 0 Å². The van der Waals surface area contributed by atoms with Crippen molar-refractivity contribution in [1.82, 2.24) is 24.4 Å². The molecule has 1 aliphatic heterocycles. The Bertz CT molecular complexity index is 1350. The molecule has 1 unspecified atom stereocenters. The summed E-state index contributed by atoms with van der Waals surface area (Å²) in [5.41, 5.74) is 4.39. The van der Waals surface area contributed by atoms with Gasteiger partial charge in [-0.25, -0.2) is 9.50 Å². The number of ether oxygens (including phenoxy) is 2. The number of hydrogen-bond donors (Lipinski definition) is 0. The van der Waals surface area contributed by atoms with Crippen LogP contribution in [0.15, 0.2) is 66.9 Å². The largest absolute Gasteiger partial charge is 0.493 e. The van der Waals surface area contributed by atoms with Crippen molar-refractivity contribution in [1.29, 1.82) is 0 Å². The van der Waals surface area contributed by atoms with Gasteiger partial charge in [0.15, 0.2) is 17.1 Å². The van der Waals surface area contributed by atoms with E-state index in [1.54, 1.807) is 20.4 Å². The molecule has 2 aromatic carbocycles. The zero-order chi connectivity index (χ0) is 25.1. The zero-order valence-electron chi connectivity index (χ0n) is 20.9. The summed E-state index contributed by atoms with van der Waals surface area (Å²) < 4.78 is 12.7. The Morgan fingerprint density at radius 2 is 1.81 bits per heavy atom. The fourth-order valence-corrected chi connectivity index (χ4v) is 4.89. The number of rotatable bonds is 7. The molecule has 1 atom stereocenters. The number of aromatic nitrogens is 3. The Balaban J connectivity index is 1.34. The Hall–Kier alpha value is -3.91. The number of carbonyl (C=O) groups is 1. The number of methoxy groups -OCH3 is 2. The summed E-state index contributed by atoms with van der Waals surface area (Å²) in [5, 5.41) is 4.89. The zero-order valence-corrected chi connectivity index (χ0v) is 20.9. The first-order valence-corrected chi connectivity index (χ1v) is 12.3. The van der Waals surface area contributed by atoms with Crippen molar-refractivity contribution in [3.05, 3.63) is 78.1 Å². The molecule has 0 aliphatic carbocycles. The van der Waals surface area contributed by atoms with Crippen LogP contribution in [0.5, 0.6) is 11.5 Å². The van der Waals surface area contributed by atoms with E-state index in [2.05, 4.69) is 16.8 Å². The molecule has 5 rings (SSSR count). The molecule has 8 nitrogen and oxygen atoms in total. The lowest BCUT2D eigenvalue weighted by molar-refractivity contribution is 0.0427. The van der Waals surface area contributed by atoms with Gasteiger partial charge >= 0.3 is 0 Å². The molecule has 186 valence electrons. The minimum absolute atomic E-state index is 0.110. The van der Waals surface area contributed by atoms with Crippen LogP contribution in [0.2, 0.25) is 0 Å². The quantitative estimate of drug-likeness (QED) is 0.392. The van der Waals surface area contributed by atoms with E-state index in [1.165, 1.54) is 0 Å². The topological polar surface area (TPSA) is 72.2 Å². The van der Waals surface area contributed by atoms with Gasteiger partial charge in [-0.05, 0) is 42.8 Å². The highest BCUT2D eigenvalue weighted by Gasteiger charge is 2.30. The average molecular weight is 486 g/mol. The third-order valence-corrected chi connectivity index (χ3v) is 6.79. The van der Waals surface area contributed by atoms with Crippen LogP contribution in [-0.2, 0) is 6.54 Å². The van der Waals surface area contributed by atoms with Crippen molar-refractivity contribution in [2.75, 3.05) is 33.9 Å². The highest BCUT2D eigenvalue weighted by Crippen LogP contribution is 2.32. The van der Waals surface area contributed by atoms with Crippen molar-refractivity contribution in [2.45, 2.75) is 25.9 Å². The number of piperazine rings is 1. The summed E-state index contributed by atoms with van der Waals surface area (Å²) in [7, 11) is 3.26. The normalized spacial score (nSPS) is 16.3. The summed E-state index contributed by atoms with van der Waals surface area (Å²) in [6, 6.07) is 19.5. The summed E-state index contributed by atoms with van der Waals surface area (Å²) in [6.07, 6.45) is 2.71. The highest BCUT2D eigenvalue weighted by molar-refractivity contribution is 5.94. The number of amides is 1. The van der Waals surface area contributed by atoms with Gasteiger partial charge in [0, 0.05) is 55.6 Å². The van der Waals surface area contributed by atoms with Crippen LogP contribution in [0.1, 0.15) is 29.4 Å². The van der Waals surface area contributed by atoms with Crippen molar-refractivity contribution >= 4 is 11.6 Å². The molecule has 0 radical (unpaired) electrons. The number of nitrogens with zero attached hydrogens (tertiary/aromatic N) is 5. The number of benzene rings is 2. The maximum absolute atomic E-state index is 13.1. The number of fused-ring (bicyclic) bond motifs is 1. The molecule has 0 saturated carbocycles. The third kappa shape index (κ3) is 4.64. The van der Waals surface area contributed by atoms with Crippen LogP contribution in [-0.4, -0.2) is 70.2 Å². The van der Waals surface area contributed by atoms with Gasteiger partial charge in [0.1, 0.15) is 0 Å². The molecule has 8 heteroatoms. The molecule has 3 heterocycles. The van der Waals surface area contributed by atoms with Crippen molar-refractivity contribution in [2.24, 2.45) is 0 Å². The van der Waals surface area contributed by atoms with Gasteiger partial charge < -0.3 is 14.4 Å². The minimum Gasteiger partial charge on any atom is -0.493 e. The van der Waals surface area contributed by atoms with E-state index in [0.29, 0.717) is 24.6 Å². The van der Waals surface area contributed by atoms with E-state index in [4.69, 9.17) is 14.6 Å². The fraction of sp³-hybridized carbons (Fsp3) is 0.321. The van der Waals surface area contributed by atoms with Gasteiger partial charge in [0.05, 0.1) is 25.6 Å². The molecule has 4 aromatic rings. The molecule has 36 heavy (non-hydrogen) atoms. The average Bonchev–Trinajstić information content (AvgIpc) is 3.35. The molecule has 1 aliphatic rings. The van der Waals surface area contributed by atoms with E-state index in [9.17, 15) is 4.79 Å². The lowest BCUT2D eigenvalue weighted by atomic mass is 10.1. The summed E-state index contributed by atoms with van der Waals surface area (Å²) in [5.74, 6) is 1.46. The van der Waals surface area contributed by atoms with Crippen LogP contribution < -0.4 is 9.47 Å². The maximum Gasteiger partial charge on any atom is 0.254 e. The van der Waals surface area contributed by atoms with Crippen LogP contribution in [0.3, 0.4) is 0 Å². The Labute approximate surface area is 211 Å². The van der Waals surface area contributed by atoms with E-state index in [-0.39, 0.29) is 11.9 Å². The van der Waals surface area contributed by atoms with Gasteiger partial charge in [0.2, 0.25) is 0 Å². The van der Waals surface area contributed by atoms with Gasteiger partial charge in [0.25, 0.3) is 5.91 Å². The standard InChI is InChI=1S/C28H31N5O3/c1-4-23-19-31(14-15-32(23)28(34)20-8-6-5-7-9-20)18-22-17-27-29-13-12-24(33(27)30-22)21-10-11-25(35-2)26(16-21)36-3/h5-13,16-17,23H,4,14-15,18-19H2,1-3H3. The second kappa shape index (κ2) is 10.4. The molecule has 0 bridgehead atoms. The summed E-state index contributed by atoms with van der Waals surface area (Å²) >= 11 is 0. The van der Waals surface area contributed by atoms with Crippen LogP contribution in [0.25, 0.3) is 16.9 Å². The molecule has 1 saturated heterocycles. The van der Waals surface area contributed by atoms with Gasteiger partial charge in [-0.15, -0.1) is 0 Å². The van der Waals surface area contributed by atoms with E-state index >= 15 is 0 Å². The first-order chi connectivity index (χ1) is 17.6. The summed E-state index contributed by atoms with van der Waals surface area (Å²) in [6.45, 7) is 5.18. The third-order valence-electron chi connectivity index (χ3n) is 6.79. The van der Waals surface area contributed by atoms with Crippen molar-refractivity contribution < 1.29 is 14.3 Å². The van der Waals surface area contributed by atoms with Gasteiger partial charge in [-0.1, -0.05) is 25.1 Å². The molecule has 0 spiro atoms. The lowest BCUT2D eigenvalue weighted by Crippen LogP contribution is -2.54. The molecule has 1 fully saturated rings. The number of hydrogen-bond acceptors (Lipinski definition) is 6. The first kappa shape index (κ1) is 23.8. The summed E-state index contributed by atoms with van der Waals surface area (Å²) in [4.78, 5) is 22.0. The fourth-order valence-electron chi connectivity index (χ4n) is 4.89. The number of carbonyl (C=O) groups excluding carboxylic acids is 1. The minimum atomic E-state index is 0.110. The van der Waals surface area contributed by atoms with E-state index in [1.807, 2.05) is 70.1 Å². The Kier molecular flexibility index (Phi) is 6.86. The Morgan fingerprint density at radius 1 is 1.00 bits per heavy atom. The highest BCUT2D eigenvalue weighted by atomic mass is 16.5. The molecular weight excluding hydrogens is 454 g/mol. The Morgan fingerprint density at radius 3 is 2.56 bits per heavy atom.